The predicted octanol–water partition coefficient (Wildman–Crippen LogP) is 0.696. The Hall–Kier alpha value is -1.78. The van der Waals surface area contributed by atoms with E-state index in [9.17, 15) is 14.7 Å². The summed E-state index contributed by atoms with van der Waals surface area (Å²) in [5, 5.41) is 11.8. The molecule has 0 bridgehead atoms. The summed E-state index contributed by atoms with van der Waals surface area (Å²) >= 11 is -0.493. The molecule has 0 aromatic heterocycles. The maximum absolute atomic E-state index is 11.3. The molecule has 17 heavy (non-hydrogen) atoms. The normalized spacial score (nSPS) is 17.4. The van der Waals surface area contributed by atoms with Gasteiger partial charge in [0.15, 0.2) is 0 Å². The molecule has 2 amide bonds. The summed E-state index contributed by atoms with van der Waals surface area (Å²) in [6, 6.07) is 4.79. The number of phenolic OH excluding ortho intramolecular Hbond substituents is 1. The van der Waals surface area contributed by atoms with Crippen molar-refractivity contribution in [1.29, 1.82) is 0 Å². The number of benzene rings is 1. The van der Waals surface area contributed by atoms with E-state index < -0.39 is 15.0 Å². The van der Waals surface area contributed by atoms with Crippen LogP contribution in [0, 0.1) is 0 Å². The minimum atomic E-state index is -0.493. The van der Waals surface area contributed by atoms with E-state index >= 15 is 0 Å². The Kier molecular flexibility index (Phi) is 3.17. The maximum atomic E-state index is 11.3. The van der Waals surface area contributed by atoms with Gasteiger partial charge in [-0.05, 0) is 0 Å². The Labute approximate surface area is 104 Å². The molecule has 0 spiro atoms. The predicted molar refractivity (Wildman–Crippen MR) is 61.9 cm³/mol. The molecule has 1 aromatic rings. The van der Waals surface area contributed by atoms with Crippen molar-refractivity contribution >= 4 is 31.7 Å². The molecule has 0 saturated carbocycles. The molecule has 5 nitrogen and oxygen atoms in total. The van der Waals surface area contributed by atoms with Crippen molar-refractivity contribution in [2.45, 2.75) is 0 Å². The van der Waals surface area contributed by atoms with Gasteiger partial charge in [-0.2, -0.15) is 0 Å². The average Bonchev–Trinajstić information content (AvgIpc) is 2.58. The van der Waals surface area contributed by atoms with Crippen LogP contribution in [0.2, 0.25) is 0 Å². The van der Waals surface area contributed by atoms with E-state index in [1.165, 1.54) is 13.2 Å². The summed E-state index contributed by atoms with van der Waals surface area (Å²) in [5.74, 6) is 0.00833. The summed E-state index contributed by atoms with van der Waals surface area (Å²) in [6.07, 6.45) is 1.60. The van der Waals surface area contributed by atoms with E-state index in [0.717, 1.165) is 0 Å². The Bertz CT molecular complexity index is 524. The molecule has 1 aliphatic rings. The Morgan fingerprint density at radius 1 is 1.41 bits per heavy atom. The van der Waals surface area contributed by atoms with Gasteiger partial charge in [0.25, 0.3) is 0 Å². The summed E-state index contributed by atoms with van der Waals surface area (Å²) in [4.78, 5) is 22.1. The van der Waals surface area contributed by atoms with Gasteiger partial charge in [0.05, 0.1) is 0 Å². The van der Waals surface area contributed by atoms with Gasteiger partial charge in [-0.3, -0.25) is 0 Å². The first-order valence-corrected chi connectivity index (χ1v) is 6.43. The third-order valence-corrected chi connectivity index (χ3v) is 3.84. The third kappa shape index (κ3) is 2.49. The van der Waals surface area contributed by atoms with Crippen molar-refractivity contribution in [3.63, 3.8) is 0 Å². The fraction of sp³-hybridized carbons (Fsp3) is 0.0909. The fourth-order valence-electron chi connectivity index (χ4n) is 1.37. The molecule has 2 N–H and O–H groups in total. The van der Waals surface area contributed by atoms with Crippen LogP contribution in [0.15, 0.2) is 22.7 Å². The second-order valence-electron chi connectivity index (χ2n) is 3.28. The SMILES string of the molecule is COc1ccc(/C=C2/[Se]C(=O)NC2=O)cc1O. The van der Waals surface area contributed by atoms with Crippen LogP contribution in [0.1, 0.15) is 5.56 Å². The van der Waals surface area contributed by atoms with E-state index in [1.54, 1.807) is 18.2 Å². The molecule has 1 aromatic carbocycles. The summed E-state index contributed by atoms with van der Waals surface area (Å²) in [5.41, 5.74) is 0.657. The van der Waals surface area contributed by atoms with Crippen LogP contribution in [0.5, 0.6) is 11.5 Å². The molecule has 1 aliphatic heterocycles. The van der Waals surface area contributed by atoms with E-state index in [4.69, 9.17) is 4.74 Å². The number of methoxy groups -OCH3 is 1. The molecule has 1 heterocycles. The number of hydrogen-bond donors (Lipinski definition) is 2. The second kappa shape index (κ2) is 4.61. The molecule has 0 atom stereocenters. The molecule has 0 radical (unpaired) electrons. The Morgan fingerprint density at radius 3 is 2.71 bits per heavy atom. The van der Waals surface area contributed by atoms with Crippen LogP contribution in [0.25, 0.3) is 6.08 Å². The van der Waals surface area contributed by atoms with E-state index in [2.05, 4.69) is 5.32 Å². The summed E-state index contributed by atoms with van der Waals surface area (Å²) in [6.45, 7) is 0. The van der Waals surface area contributed by atoms with Crippen molar-refractivity contribution < 1.29 is 19.4 Å². The molecule has 2 rings (SSSR count). The zero-order valence-corrected chi connectivity index (χ0v) is 10.6. The van der Waals surface area contributed by atoms with Crippen LogP contribution in [-0.2, 0) is 4.79 Å². The van der Waals surface area contributed by atoms with Crippen molar-refractivity contribution in [2.75, 3.05) is 7.11 Å². The van der Waals surface area contributed by atoms with Gasteiger partial charge in [0.2, 0.25) is 0 Å². The Morgan fingerprint density at radius 2 is 2.18 bits per heavy atom. The Balaban J connectivity index is 2.30. The molecule has 88 valence electrons. The molecule has 1 saturated heterocycles. The van der Waals surface area contributed by atoms with Crippen LogP contribution in [0.4, 0.5) is 4.79 Å². The van der Waals surface area contributed by atoms with Crippen molar-refractivity contribution in [2.24, 2.45) is 0 Å². The summed E-state index contributed by atoms with van der Waals surface area (Å²) in [7, 11) is 1.46. The van der Waals surface area contributed by atoms with Crippen molar-refractivity contribution in [3.8, 4) is 11.5 Å². The molecular weight excluding hydrogens is 289 g/mol. The first-order valence-electron chi connectivity index (χ1n) is 4.72. The first-order chi connectivity index (χ1) is 8.10. The van der Waals surface area contributed by atoms with E-state index in [-0.39, 0.29) is 16.5 Å². The van der Waals surface area contributed by atoms with Crippen molar-refractivity contribution in [3.05, 3.63) is 28.2 Å². The van der Waals surface area contributed by atoms with Gasteiger partial charge < -0.3 is 0 Å². The number of carbonyl (C=O) groups is 2. The number of aromatic hydroxyl groups is 1. The van der Waals surface area contributed by atoms with Crippen LogP contribution < -0.4 is 10.1 Å². The second-order valence-corrected chi connectivity index (χ2v) is 5.41. The van der Waals surface area contributed by atoms with Crippen molar-refractivity contribution in [1.82, 2.24) is 5.32 Å². The molecular formula is C11H9NO4Se. The fourth-order valence-corrected chi connectivity index (χ4v) is 2.80. The van der Waals surface area contributed by atoms with Gasteiger partial charge in [0, 0.05) is 0 Å². The van der Waals surface area contributed by atoms with Gasteiger partial charge >= 0.3 is 103 Å². The van der Waals surface area contributed by atoms with Gasteiger partial charge in [-0.15, -0.1) is 0 Å². The minimum absolute atomic E-state index is 0.000850. The number of hydrogen-bond acceptors (Lipinski definition) is 4. The number of nitrogens with one attached hydrogen (secondary N) is 1. The van der Waals surface area contributed by atoms with Gasteiger partial charge in [0.1, 0.15) is 0 Å². The molecule has 1 fully saturated rings. The number of imide groups is 1. The zero-order valence-electron chi connectivity index (χ0n) is 8.89. The third-order valence-electron chi connectivity index (χ3n) is 2.14. The number of rotatable bonds is 2. The number of ether oxygens (including phenoxy) is 1. The number of phenols is 1. The quantitative estimate of drug-likeness (QED) is 0.622. The average molecular weight is 298 g/mol. The zero-order chi connectivity index (χ0) is 12.4. The molecule has 0 aliphatic carbocycles. The summed E-state index contributed by atoms with van der Waals surface area (Å²) < 4.78 is 5.36. The standard InChI is InChI=1S/C11H9NO4Se/c1-16-8-3-2-6(4-7(8)13)5-9-10(14)12-11(15)17-9/h2-5,13H,1H3,(H,12,14,15)/b9-5+. The molecule has 0 unspecified atom stereocenters. The molecule has 6 heteroatoms. The number of carbonyl (C=O) groups excluding carboxylic acids is 2. The van der Waals surface area contributed by atoms with Crippen LogP contribution >= 0.6 is 0 Å². The first kappa shape index (κ1) is 11.7. The van der Waals surface area contributed by atoms with Gasteiger partial charge in [-0.25, -0.2) is 0 Å². The van der Waals surface area contributed by atoms with Gasteiger partial charge in [-0.1, -0.05) is 0 Å². The van der Waals surface area contributed by atoms with Crippen LogP contribution in [0.3, 0.4) is 0 Å². The van der Waals surface area contributed by atoms with E-state index in [0.29, 0.717) is 15.8 Å². The van der Waals surface area contributed by atoms with E-state index in [1.807, 2.05) is 0 Å². The topological polar surface area (TPSA) is 75.6 Å². The monoisotopic (exact) mass is 299 g/mol. The number of amides is 2. The van der Waals surface area contributed by atoms with Crippen LogP contribution in [-0.4, -0.2) is 37.9 Å².